The standard InChI is InChI=1S/C13H12.Cu.HN/c1-3-7-12(8-4-1)11-13-9-5-2-6-10-13;;/h1-10H,11H2;;1H. The summed E-state index contributed by atoms with van der Waals surface area (Å²) in [7, 11) is 0. The van der Waals surface area contributed by atoms with Crippen molar-refractivity contribution in [2.75, 3.05) is 0 Å². The number of rotatable bonds is 2. The van der Waals surface area contributed by atoms with Crippen molar-refractivity contribution in [2.45, 2.75) is 6.42 Å². The smallest absolute Gasteiger partial charge is 0.00258 e. The molecular weight excluding hydrogens is 234 g/mol. The molecule has 1 N–H and O–H groups in total. The Hall–Kier alpha value is -1.24. The minimum atomic E-state index is 1.03. The van der Waals surface area contributed by atoms with Gasteiger partial charge in [0.05, 0.1) is 0 Å². The van der Waals surface area contributed by atoms with Crippen LogP contribution in [0.25, 0.3) is 0 Å². The molecule has 0 fully saturated rings. The SMILES string of the molecule is [NH]=[Cu].c1ccc(Cc2ccccc2)cc1. The second-order valence-corrected chi connectivity index (χ2v) is 3.15. The summed E-state index contributed by atoms with van der Waals surface area (Å²) in [5.74, 6) is 0. The van der Waals surface area contributed by atoms with Crippen LogP contribution < -0.4 is 0 Å². The molecule has 0 saturated heterocycles. The molecule has 0 saturated carbocycles. The maximum Gasteiger partial charge on any atom is -0.00258 e. The van der Waals surface area contributed by atoms with Crippen LogP contribution in [0.5, 0.6) is 0 Å². The Kier molecular flexibility index (Phi) is 5.60. The molecule has 0 aliphatic rings. The van der Waals surface area contributed by atoms with E-state index in [2.05, 4.69) is 76.5 Å². The fourth-order valence-corrected chi connectivity index (χ4v) is 1.43. The van der Waals surface area contributed by atoms with Crippen LogP contribution in [0, 0.1) is 4.38 Å². The van der Waals surface area contributed by atoms with Gasteiger partial charge in [0.2, 0.25) is 0 Å². The van der Waals surface area contributed by atoms with Gasteiger partial charge in [-0.1, -0.05) is 60.7 Å². The van der Waals surface area contributed by atoms with E-state index in [0.717, 1.165) is 6.42 Å². The summed E-state index contributed by atoms with van der Waals surface area (Å²) in [4.78, 5) is 0. The van der Waals surface area contributed by atoms with Gasteiger partial charge in [-0.25, -0.2) is 0 Å². The van der Waals surface area contributed by atoms with Gasteiger partial charge in [-0.15, -0.1) is 0 Å². The van der Waals surface area contributed by atoms with E-state index in [1.54, 1.807) is 0 Å². The molecule has 81 valence electrons. The van der Waals surface area contributed by atoms with E-state index in [1.807, 2.05) is 0 Å². The second-order valence-electron chi connectivity index (χ2n) is 3.15. The first kappa shape index (κ1) is 11.8. The first-order valence-electron chi connectivity index (χ1n) is 4.68. The molecule has 2 aromatic carbocycles. The van der Waals surface area contributed by atoms with Crippen molar-refractivity contribution >= 4 is 0 Å². The van der Waals surface area contributed by atoms with Gasteiger partial charge in [-0.05, 0) is 17.5 Å². The topological polar surface area (TPSA) is 23.9 Å². The van der Waals surface area contributed by atoms with Crippen LogP contribution >= 0.6 is 0 Å². The molecule has 0 bridgehead atoms. The van der Waals surface area contributed by atoms with Crippen molar-refractivity contribution in [2.24, 2.45) is 0 Å². The molecule has 0 amide bonds. The molecule has 0 atom stereocenters. The summed E-state index contributed by atoms with van der Waals surface area (Å²) in [6.07, 6.45) is 1.03. The third-order valence-electron chi connectivity index (χ3n) is 2.09. The molecule has 1 nitrogen and oxygen atoms in total. The van der Waals surface area contributed by atoms with E-state index in [4.69, 9.17) is 4.38 Å². The summed E-state index contributed by atoms with van der Waals surface area (Å²) in [6.45, 7) is 0. The Bertz CT molecular complexity index is 335. The molecule has 2 heteroatoms. The normalized spacial score (nSPS) is 8.93. The maximum absolute atomic E-state index is 5.31. The molecule has 0 heterocycles. The van der Waals surface area contributed by atoms with Crippen molar-refractivity contribution in [1.29, 1.82) is 4.38 Å². The summed E-state index contributed by atoms with van der Waals surface area (Å²) in [6, 6.07) is 21.1. The van der Waals surface area contributed by atoms with Crippen LogP contribution in [0.3, 0.4) is 0 Å². The van der Waals surface area contributed by atoms with Crippen molar-refractivity contribution < 1.29 is 15.8 Å². The van der Waals surface area contributed by atoms with Gasteiger partial charge in [0.1, 0.15) is 0 Å². The minimum absolute atomic E-state index is 1.03. The fourth-order valence-electron chi connectivity index (χ4n) is 1.43. The number of hydrogen-bond donors (Lipinski definition) is 1. The number of benzene rings is 2. The zero-order valence-corrected chi connectivity index (χ0v) is 9.22. The van der Waals surface area contributed by atoms with Crippen LogP contribution in [0.1, 0.15) is 11.1 Å². The van der Waals surface area contributed by atoms with E-state index in [-0.39, 0.29) is 0 Å². The first-order valence-corrected chi connectivity index (χ1v) is 5.15. The van der Waals surface area contributed by atoms with Crippen molar-refractivity contribution in [3.63, 3.8) is 0 Å². The molecule has 2 rings (SSSR count). The zero-order chi connectivity index (χ0) is 10.9. The molecule has 0 radical (unpaired) electrons. The molecule has 0 unspecified atom stereocenters. The molecule has 15 heavy (non-hydrogen) atoms. The monoisotopic (exact) mass is 246 g/mol. The Labute approximate surface area is 98.6 Å². The van der Waals surface area contributed by atoms with Crippen LogP contribution in [0.2, 0.25) is 0 Å². The molecule has 0 aromatic heterocycles. The third-order valence-corrected chi connectivity index (χ3v) is 2.09. The Morgan fingerprint density at radius 3 is 1.33 bits per heavy atom. The quantitative estimate of drug-likeness (QED) is 0.784. The summed E-state index contributed by atoms with van der Waals surface area (Å²) >= 11 is 3.44. The van der Waals surface area contributed by atoms with E-state index in [9.17, 15) is 0 Å². The first-order chi connectivity index (χ1) is 7.45. The fraction of sp³-hybridized carbons (Fsp3) is 0.0769. The molecule has 0 aliphatic heterocycles. The molecule has 2 aromatic rings. The van der Waals surface area contributed by atoms with E-state index in [0.29, 0.717) is 0 Å². The van der Waals surface area contributed by atoms with Crippen molar-refractivity contribution in [3.05, 3.63) is 71.8 Å². The van der Waals surface area contributed by atoms with Gasteiger partial charge in [0.25, 0.3) is 0 Å². The van der Waals surface area contributed by atoms with Gasteiger partial charge in [-0.3, -0.25) is 0 Å². The van der Waals surface area contributed by atoms with Crippen LogP contribution in [0.15, 0.2) is 60.7 Å². The van der Waals surface area contributed by atoms with E-state index >= 15 is 0 Å². The summed E-state index contributed by atoms with van der Waals surface area (Å²) < 4.78 is 5.31. The molecule has 0 aliphatic carbocycles. The predicted octanol–water partition coefficient (Wildman–Crippen LogP) is 3.57. The van der Waals surface area contributed by atoms with E-state index in [1.165, 1.54) is 11.1 Å². The predicted molar refractivity (Wildman–Crippen MR) is 58.4 cm³/mol. The minimum Gasteiger partial charge on any atom is -0.0622 e. The number of hydrogen-bond acceptors (Lipinski definition) is 1. The number of nitrogens with one attached hydrogen (secondary N) is 1. The van der Waals surface area contributed by atoms with Gasteiger partial charge >= 0.3 is 20.2 Å². The van der Waals surface area contributed by atoms with Crippen LogP contribution in [-0.4, -0.2) is 0 Å². The second kappa shape index (κ2) is 7.10. The molecular formula is C13H13CuN. The Balaban J connectivity index is 0.000000531. The van der Waals surface area contributed by atoms with Gasteiger partial charge in [0, 0.05) is 0 Å². The van der Waals surface area contributed by atoms with Gasteiger partial charge < -0.3 is 0 Å². The molecule has 0 spiro atoms. The average molecular weight is 247 g/mol. The summed E-state index contributed by atoms with van der Waals surface area (Å²) in [5.41, 5.74) is 2.74. The maximum atomic E-state index is 5.31. The van der Waals surface area contributed by atoms with Crippen LogP contribution in [0.4, 0.5) is 0 Å². The van der Waals surface area contributed by atoms with Crippen LogP contribution in [-0.2, 0) is 22.2 Å². The summed E-state index contributed by atoms with van der Waals surface area (Å²) in [5, 5.41) is 0. The van der Waals surface area contributed by atoms with Gasteiger partial charge in [0.15, 0.2) is 0 Å². The Morgan fingerprint density at radius 1 is 0.667 bits per heavy atom. The zero-order valence-electron chi connectivity index (χ0n) is 8.28. The average Bonchev–Trinajstić information content (AvgIpc) is 2.34. The third kappa shape index (κ3) is 4.20. The van der Waals surface area contributed by atoms with Gasteiger partial charge in [-0.2, -0.15) is 0 Å². The largest absolute Gasteiger partial charge is 0.0622 e. The van der Waals surface area contributed by atoms with Crippen molar-refractivity contribution in [3.8, 4) is 0 Å². The van der Waals surface area contributed by atoms with E-state index < -0.39 is 0 Å². The Morgan fingerprint density at radius 2 is 1.00 bits per heavy atom. The van der Waals surface area contributed by atoms with Crippen molar-refractivity contribution in [1.82, 2.24) is 0 Å².